The van der Waals surface area contributed by atoms with Crippen LogP contribution in [0.1, 0.15) is 42.8 Å². The Morgan fingerprint density at radius 2 is 2.15 bits per heavy atom. The third-order valence-corrected chi connectivity index (χ3v) is 3.89. The number of nitrogens with one attached hydrogen (secondary N) is 2. The first-order chi connectivity index (χ1) is 9.58. The van der Waals surface area contributed by atoms with Gasteiger partial charge in [-0.3, -0.25) is 9.59 Å². The molecule has 2 unspecified atom stereocenters. The number of amides is 2. The van der Waals surface area contributed by atoms with Crippen LogP contribution in [-0.4, -0.2) is 30.4 Å². The molecule has 0 saturated carbocycles. The van der Waals surface area contributed by atoms with E-state index in [-0.39, 0.29) is 17.9 Å². The Morgan fingerprint density at radius 1 is 1.40 bits per heavy atom. The fraction of sp³-hybridized carbons (Fsp3) is 0.571. The zero-order chi connectivity index (χ0) is 15.0. The molecule has 0 bridgehead atoms. The van der Waals surface area contributed by atoms with E-state index in [9.17, 15) is 9.59 Å². The van der Waals surface area contributed by atoms with Crippen LogP contribution in [0.5, 0.6) is 0 Å². The molecule has 0 aliphatic rings. The van der Waals surface area contributed by atoms with E-state index in [2.05, 4.69) is 17.6 Å². The molecule has 0 aliphatic heterocycles. The van der Waals surface area contributed by atoms with Crippen molar-refractivity contribution >= 4 is 23.2 Å². The fourth-order valence-corrected chi connectivity index (χ4v) is 2.39. The van der Waals surface area contributed by atoms with Gasteiger partial charge in [-0.1, -0.05) is 25.8 Å². The van der Waals surface area contributed by atoms with Crippen LogP contribution < -0.4 is 16.4 Å². The van der Waals surface area contributed by atoms with Gasteiger partial charge in [0.05, 0.1) is 4.88 Å². The zero-order valence-corrected chi connectivity index (χ0v) is 12.8. The molecular formula is C14H23N3O2S. The van der Waals surface area contributed by atoms with E-state index in [4.69, 9.17) is 5.73 Å². The molecule has 1 rings (SSSR count). The van der Waals surface area contributed by atoms with Crippen LogP contribution in [0.25, 0.3) is 0 Å². The summed E-state index contributed by atoms with van der Waals surface area (Å²) in [5, 5.41) is 7.39. The van der Waals surface area contributed by atoms with Gasteiger partial charge >= 0.3 is 0 Å². The number of rotatable bonds is 8. The van der Waals surface area contributed by atoms with Gasteiger partial charge in [0.25, 0.3) is 5.91 Å². The number of thiophene rings is 1. The first-order valence-corrected chi connectivity index (χ1v) is 7.81. The topological polar surface area (TPSA) is 84.2 Å². The Balaban J connectivity index is 2.43. The van der Waals surface area contributed by atoms with Crippen LogP contribution in [0, 0.1) is 0 Å². The van der Waals surface area contributed by atoms with Gasteiger partial charge in [0.15, 0.2) is 0 Å². The van der Waals surface area contributed by atoms with E-state index >= 15 is 0 Å². The van der Waals surface area contributed by atoms with Crippen molar-refractivity contribution in [1.82, 2.24) is 10.6 Å². The van der Waals surface area contributed by atoms with Crippen LogP contribution in [0.2, 0.25) is 0 Å². The third-order valence-electron chi connectivity index (χ3n) is 3.02. The second kappa shape index (κ2) is 8.71. The van der Waals surface area contributed by atoms with Crippen LogP contribution in [0.4, 0.5) is 0 Å². The van der Waals surface area contributed by atoms with Crippen molar-refractivity contribution in [1.29, 1.82) is 0 Å². The number of hydrogen-bond acceptors (Lipinski definition) is 4. The van der Waals surface area contributed by atoms with E-state index in [0.29, 0.717) is 11.4 Å². The monoisotopic (exact) mass is 297 g/mol. The summed E-state index contributed by atoms with van der Waals surface area (Å²) in [5.41, 5.74) is 5.64. The predicted molar refractivity (Wildman–Crippen MR) is 81.8 cm³/mol. The lowest BCUT2D eigenvalue weighted by atomic mass is 10.1. The van der Waals surface area contributed by atoms with Crippen molar-refractivity contribution in [2.75, 3.05) is 6.54 Å². The summed E-state index contributed by atoms with van der Waals surface area (Å²) < 4.78 is 0. The lowest BCUT2D eigenvalue weighted by molar-refractivity contribution is -0.123. The Labute approximate surface area is 123 Å². The lowest BCUT2D eigenvalue weighted by Crippen LogP contribution is -2.49. The molecule has 0 fully saturated rings. The van der Waals surface area contributed by atoms with Crippen molar-refractivity contribution in [3.05, 3.63) is 22.4 Å². The predicted octanol–water partition coefficient (Wildman–Crippen LogP) is 1.50. The van der Waals surface area contributed by atoms with E-state index in [0.717, 1.165) is 19.3 Å². The second-order valence-electron chi connectivity index (χ2n) is 4.76. The van der Waals surface area contributed by atoms with E-state index < -0.39 is 6.04 Å². The molecule has 0 aromatic carbocycles. The Bertz CT molecular complexity index is 420. The Kier molecular flexibility index (Phi) is 7.25. The van der Waals surface area contributed by atoms with E-state index in [1.54, 1.807) is 19.1 Å². The first-order valence-electron chi connectivity index (χ1n) is 6.93. The number of carbonyl (C=O) groups excluding carboxylic acids is 2. The van der Waals surface area contributed by atoms with Crippen LogP contribution in [0.3, 0.4) is 0 Å². The van der Waals surface area contributed by atoms with Gasteiger partial charge in [0.1, 0.15) is 6.04 Å². The fourth-order valence-electron chi connectivity index (χ4n) is 1.77. The minimum absolute atomic E-state index is 0.0245. The van der Waals surface area contributed by atoms with Gasteiger partial charge in [0, 0.05) is 12.6 Å². The van der Waals surface area contributed by atoms with Crippen LogP contribution >= 0.6 is 11.3 Å². The van der Waals surface area contributed by atoms with Gasteiger partial charge in [-0.25, -0.2) is 0 Å². The normalized spacial score (nSPS) is 13.6. The summed E-state index contributed by atoms with van der Waals surface area (Å²) in [5.74, 6) is -0.415. The molecule has 6 heteroatoms. The SMILES string of the molecule is CCCCC(CN)NC(=O)C(C)NC(=O)c1cccs1. The van der Waals surface area contributed by atoms with E-state index in [1.165, 1.54) is 11.3 Å². The number of hydrogen-bond donors (Lipinski definition) is 3. The van der Waals surface area contributed by atoms with Gasteiger partial charge < -0.3 is 16.4 Å². The largest absolute Gasteiger partial charge is 0.350 e. The standard InChI is InChI=1S/C14H23N3O2S/c1-3-4-6-11(9-15)17-13(18)10(2)16-14(19)12-7-5-8-20-12/h5,7-8,10-11H,3-4,6,9,15H2,1-2H3,(H,16,19)(H,17,18). The molecule has 0 radical (unpaired) electrons. The van der Waals surface area contributed by atoms with Crippen molar-refractivity contribution < 1.29 is 9.59 Å². The molecular weight excluding hydrogens is 274 g/mol. The van der Waals surface area contributed by atoms with Gasteiger partial charge in [0.2, 0.25) is 5.91 Å². The molecule has 1 aromatic rings. The summed E-state index contributed by atoms with van der Waals surface area (Å²) in [6.45, 7) is 4.19. The highest BCUT2D eigenvalue weighted by molar-refractivity contribution is 7.12. The van der Waals surface area contributed by atoms with Crippen molar-refractivity contribution in [2.45, 2.75) is 45.2 Å². The minimum Gasteiger partial charge on any atom is -0.350 e. The van der Waals surface area contributed by atoms with Gasteiger partial charge in [-0.2, -0.15) is 0 Å². The molecule has 5 nitrogen and oxygen atoms in total. The van der Waals surface area contributed by atoms with Crippen molar-refractivity contribution in [2.24, 2.45) is 5.73 Å². The molecule has 4 N–H and O–H groups in total. The molecule has 112 valence electrons. The smallest absolute Gasteiger partial charge is 0.261 e. The second-order valence-corrected chi connectivity index (χ2v) is 5.70. The van der Waals surface area contributed by atoms with Crippen LogP contribution in [-0.2, 0) is 4.79 Å². The summed E-state index contributed by atoms with van der Waals surface area (Å²) in [6, 6.07) is 2.94. The zero-order valence-electron chi connectivity index (χ0n) is 12.0. The molecule has 0 saturated heterocycles. The summed E-state index contributed by atoms with van der Waals surface area (Å²) >= 11 is 1.35. The van der Waals surface area contributed by atoms with Crippen molar-refractivity contribution in [3.63, 3.8) is 0 Å². The summed E-state index contributed by atoms with van der Waals surface area (Å²) in [6.07, 6.45) is 2.96. The molecule has 2 atom stereocenters. The van der Waals surface area contributed by atoms with E-state index in [1.807, 2.05) is 5.38 Å². The van der Waals surface area contributed by atoms with Gasteiger partial charge in [-0.15, -0.1) is 11.3 Å². The molecule has 2 amide bonds. The minimum atomic E-state index is -0.569. The maximum atomic E-state index is 12.0. The lowest BCUT2D eigenvalue weighted by Gasteiger charge is -2.20. The average Bonchev–Trinajstić information content (AvgIpc) is 2.97. The number of unbranched alkanes of at least 4 members (excludes halogenated alkanes) is 1. The number of carbonyl (C=O) groups is 2. The van der Waals surface area contributed by atoms with Crippen molar-refractivity contribution in [3.8, 4) is 0 Å². The highest BCUT2D eigenvalue weighted by Gasteiger charge is 2.19. The average molecular weight is 297 g/mol. The highest BCUT2D eigenvalue weighted by atomic mass is 32.1. The quantitative estimate of drug-likeness (QED) is 0.680. The highest BCUT2D eigenvalue weighted by Crippen LogP contribution is 2.08. The van der Waals surface area contributed by atoms with Crippen LogP contribution in [0.15, 0.2) is 17.5 Å². The molecule has 1 heterocycles. The Hall–Kier alpha value is -1.40. The third kappa shape index (κ3) is 5.30. The molecule has 0 aliphatic carbocycles. The molecule has 20 heavy (non-hydrogen) atoms. The molecule has 0 spiro atoms. The summed E-state index contributed by atoms with van der Waals surface area (Å²) in [4.78, 5) is 24.4. The Morgan fingerprint density at radius 3 is 2.70 bits per heavy atom. The molecule has 1 aromatic heterocycles. The maximum absolute atomic E-state index is 12.0. The maximum Gasteiger partial charge on any atom is 0.261 e. The first kappa shape index (κ1) is 16.7. The number of nitrogens with two attached hydrogens (primary N) is 1. The van der Waals surface area contributed by atoms with Gasteiger partial charge in [-0.05, 0) is 24.8 Å². The summed E-state index contributed by atoms with van der Waals surface area (Å²) in [7, 11) is 0.